The van der Waals surface area contributed by atoms with E-state index in [1.165, 1.54) is 12.0 Å². The van der Waals surface area contributed by atoms with Crippen molar-refractivity contribution in [2.24, 2.45) is 11.8 Å². The van der Waals surface area contributed by atoms with Gasteiger partial charge >= 0.3 is 0 Å². The molecule has 192 valence electrons. The van der Waals surface area contributed by atoms with Crippen LogP contribution in [0, 0.1) is 11.8 Å². The van der Waals surface area contributed by atoms with Crippen LogP contribution in [0.25, 0.3) is 0 Å². The lowest BCUT2D eigenvalue weighted by atomic mass is 9.97. The zero-order valence-corrected chi connectivity index (χ0v) is 22.2. The summed E-state index contributed by atoms with van der Waals surface area (Å²) >= 11 is 0. The Kier molecular flexibility index (Phi) is 11.5. The molecule has 1 aliphatic rings. The van der Waals surface area contributed by atoms with E-state index in [4.69, 9.17) is 4.74 Å². The van der Waals surface area contributed by atoms with Crippen LogP contribution in [0.2, 0.25) is 0 Å². The molecule has 3 aromatic carbocycles. The number of likely N-dealkylation sites (tertiary alicyclic amines) is 1. The smallest absolute Gasteiger partial charge is 0.257 e. The number of para-hydroxylation sites is 1. The Balaban J connectivity index is 0.000000526. The number of aryl methyl sites for hydroxylation is 1. The van der Waals surface area contributed by atoms with Crippen LogP contribution in [0.1, 0.15) is 42.6 Å². The van der Waals surface area contributed by atoms with E-state index in [0.717, 1.165) is 45.6 Å². The summed E-state index contributed by atoms with van der Waals surface area (Å²) in [6.07, 6.45) is 3.46. The largest absolute Gasteiger partial charge is 0.496 e. The van der Waals surface area contributed by atoms with Gasteiger partial charge in [-0.25, -0.2) is 0 Å². The molecule has 0 radical (unpaired) electrons. The quantitative estimate of drug-likeness (QED) is 0.331. The van der Waals surface area contributed by atoms with Crippen LogP contribution >= 0.6 is 0 Å². The molecular weight excluding hydrogens is 444 g/mol. The summed E-state index contributed by atoms with van der Waals surface area (Å²) in [6.45, 7) is 9.50. The van der Waals surface area contributed by atoms with Crippen molar-refractivity contribution in [3.63, 3.8) is 0 Å². The van der Waals surface area contributed by atoms with Crippen molar-refractivity contribution in [3.8, 4) is 5.75 Å². The van der Waals surface area contributed by atoms with E-state index in [9.17, 15) is 4.79 Å². The third-order valence-electron chi connectivity index (χ3n) is 6.87. The maximum atomic E-state index is 13.1. The zero-order valence-electron chi connectivity index (χ0n) is 22.2. The van der Waals surface area contributed by atoms with E-state index >= 15 is 0 Å². The number of amides is 1. The molecule has 4 rings (SSSR count). The summed E-state index contributed by atoms with van der Waals surface area (Å²) in [6, 6.07) is 30.3. The van der Waals surface area contributed by atoms with E-state index in [1.54, 1.807) is 7.11 Å². The predicted molar refractivity (Wildman–Crippen MR) is 149 cm³/mol. The van der Waals surface area contributed by atoms with Gasteiger partial charge < -0.3 is 14.5 Å². The zero-order chi connectivity index (χ0) is 25.6. The van der Waals surface area contributed by atoms with Crippen molar-refractivity contribution in [2.45, 2.75) is 33.1 Å². The third kappa shape index (κ3) is 8.53. The molecule has 0 spiro atoms. The number of rotatable bonds is 10. The molecule has 1 fully saturated rings. The Labute approximate surface area is 217 Å². The minimum atomic E-state index is 0.0907. The Morgan fingerprint density at radius 3 is 2.14 bits per heavy atom. The van der Waals surface area contributed by atoms with Gasteiger partial charge in [-0.1, -0.05) is 92.7 Å². The standard InChI is InChI=1S/C26H36N2O2.C6H6/c1-4-16-27(17-10-13-22-11-6-5-7-12-22)19-23-20-28(18-21(23)2)26(29)24-14-8-9-15-25(24)30-3;1-2-4-6-5-3-1/h5-9,11-12,14-15,21,23H,4,10,13,16-20H2,1-3H3;1-6H/t21?,23-;/m0./s1. The lowest BCUT2D eigenvalue weighted by Gasteiger charge is -2.27. The topological polar surface area (TPSA) is 32.8 Å². The molecule has 2 atom stereocenters. The van der Waals surface area contributed by atoms with Gasteiger partial charge in [0.2, 0.25) is 0 Å². The Bertz CT molecular complexity index is 982. The highest BCUT2D eigenvalue weighted by atomic mass is 16.5. The minimum Gasteiger partial charge on any atom is -0.496 e. The van der Waals surface area contributed by atoms with Crippen LogP contribution < -0.4 is 4.74 Å². The van der Waals surface area contributed by atoms with E-state index < -0.39 is 0 Å². The fourth-order valence-corrected chi connectivity index (χ4v) is 4.91. The summed E-state index contributed by atoms with van der Waals surface area (Å²) < 4.78 is 5.40. The highest BCUT2D eigenvalue weighted by molar-refractivity contribution is 5.97. The first-order valence-electron chi connectivity index (χ1n) is 13.3. The van der Waals surface area contributed by atoms with Crippen LogP contribution in [0.3, 0.4) is 0 Å². The molecule has 0 bridgehead atoms. The first-order chi connectivity index (χ1) is 17.6. The van der Waals surface area contributed by atoms with Crippen LogP contribution in [0.15, 0.2) is 91.0 Å². The second kappa shape index (κ2) is 15.1. The lowest BCUT2D eigenvalue weighted by molar-refractivity contribution is 0.0778. The summed E-state index contributed by atoms with van der Waals surface area (Å²) in [5, 5.41) is 0. The third-order valence-corrected chi connectivity index (χ3v) is 6.87. The first kappa shape index (κ1) is 27.5. The summed E-state index contributed by atoms with van der Waals surface area (Å²) in [7, 11) is 1.62. The van der Waals surface area contributed by atoms with E-state index in [2.05, 4.69) is 49.1 Å². The van der Waals surface area contributed by atoms with E-state index in [1.807, 2.05) is 65.6 Å². The van der Waals surface area contributed by atoms with E-state index in [0.29, 0.717) is 23.1 Å². The lowest BCUT2D eigenvalue weighted by Crippen LogP contribution is -2.35. The number of hydrogen-bond acceptors (Lipinski definition) is 3. The monoisotopic (exact) mass is 486 g/mol. The molecule has 0 aliphatic carbocycles. The Morgan fingerprint density at radius 1 is 0.889 bits per heavy atom. The number of carbonyl (C=O) groups excluding carboxylic acids is 1. The number of benzene rings is 3. The molecule has 1 heterocycles. The van der Waals surface area contributed by atoms with Crippen LogP contribution in [0.4, 0.5) is 0 Å². The Morgan fingerprint density at radius 2 is 1.50 bits per heavy atom. The fraction of sp³-hybridized carbons (Fsp3) is 0.406. The van der Waals surface area contributed by atoms with Gasteiger partial charge in [0.15, 0.2) is 0 Å². The van der Waals surface area contributed by atoms with Gasteiger partial charge in [-0.05, 0) is 61.9 Å². The van der Waals surface area contributed by atoms with Crippen molar-refractivity contribution in [1.82, 2.24) is 9.80 Å². The number of nitrogens with zero attached hydrogens (tertiary/aromatic N) is 2. The summed E-state index contributed by atoms with van der Waals surface area (Å²) in [5.74, 6) is 1.78. The maximum Gasteiger partial charge on any atom is 0.257 e. The number of carbonyl (C=O) groups is 1. The van der Waals surface area contributed by atoms with Crippen molar-refractivity contribution in [2.75, 3.05) is 39.8 Å². The van der Waals surface area contributed by atoms with Gasteiger partial charge in [0.05, 0.1) is 12.7 Å². The van der Waals surface area contributed by atoms with E-state index in [-0.39, 0.29) is 5.91 Å². The number of methoxy groups -OCH3 is 1. The maximum absolute atomic E-state index is 13.1. The molecule has 4 heteroatoms. The highest BCUT2D eigenvalue weighted by Gasteiger charge is 2.34. The molecule has 0 aromatic heterocycles. The van der Waals surface area contributed by atoms with Gasteiger partial charge in [-0.3, -0.25) is 4.79 Å². The van der Waals surface area contributed by atoms with Gasteiger partial charge in [-0.15, -0.1) is 0 Å². The molecule has 1 saturated heterocycles. The molecule has 36 heavy (non-hydrogen) atoms. The highest BCUT2D eigenvalue weighted by Crippen LogP contribution is 2.28. The molecule has 0 saturated carbocycles. The molecule has 4 nitrogen and oxygen atoms in total. The number of hydrogen-bond donors (Lipinski definition) is 0. The summed E-state index contributed by atoms with van der Waals surface area (Å²) in [4.78, 5) is 17.7. The molecule has 3 aromatic rings. The SMILES string of the molecule is CCCN(CCCc1ccccc1)C[C@H]1CN(C(=O)c2ccccc2OC)CC1C.c1ccccc1. The molecule has 1 amide bonds. The number of ether oxygens (including phenoxy) is 1. The van der Waals surface area contributed by atoms with Gasteiger partial charge in [0.25, 0.3) is 5.91 Å². The normalized spacial score (nSPS) is 16.9. The van der Waals surface area contributed by atoms with Gasteiger partial charge in [0.1, 0.15) is 5.75 Å². The fourth-order valence-electron chi connectivity index (χ4n) is 4.91. The second-order valence-electron chi connectivity index (χ2n) is 9.69. The molecule has 1 unspecified atom stereocenters. The molecule has 1 aliphatic heterocycles. The van der Waals surface area contributed by atoms with Crippen molar-refractivity contribution in [3.05, 3.63) is 102 Å². The first-order valence-corrected chi connectivity index (χ1v) is 13.3. The van der Waals surface area contributed by atoms with Crippen molar-refractivity contribution in [1.29, 1.82) is 0 Å². The van der Waals surface area contributed by atoms with Gasteiger partial charge in [0, 0.05) is 19.6 Å². The molecular formula is C32H42N2O2. The van der Waals surface area contributed by atoms with Crippen molar-refractivity contribution < 1.29 is 9.53 Å². The van der Waals surface area contributed by atoms with Crippen LogP contribution in [0.5, 0.6) is 5.75 Å². The van der Waals surface area contributed by atoms with Crippen LogP contribution in [-0.2, 0) is 6.42 Å². The van der Waals surface area contributed by atoms with Gasteiger partial charge in [-0.2, -0.15) is 0 Å². The summed E-state index contributed by atoms with van der Waals surface area (Å²) in [5.41, 5.74) is 2.08. The van der Waals surface area contributed by atoms with Crippen LogP contribution in [-0.4, -0.2) is 55.5 Å². The Hall–Kier alpha value is -3.11. The minimum absolute atomic E-state index is 0.0907. The average molecular weight is 487 g/mol. The van der Waals surface area contributed by atoms with Crippen molar-refractivity contribution >= 4 is 5.91 Å². The average Bonchev–Trinajstić information content (AvgIpc) is 3.30. The predicted octanol–water partition coefficient (Wildman–Crippen LogP) is 6.43. The second-order valence-corrected chi connectivity index (χ2v) is 9.69. The molecule has 0 N–H and O–H groups in total.